The molecule has 4 aromatic rings. The molecule has 11 heteroatoms. The van der Waals surface area contributed by atoms with Gasteiger partial charge in [-0.1, -0.05) is 30.8 Å². The van der Waals surface area contributed by atoms with Gasteiger partial charge in [0.2, 0.25) is 5.95 Å². The van der Waals surface area contributed by atoms with Crippen molar-refractivity contribution >= 4 is 17.6 Å². The number of nitrogens with one attached hydrogen (secondary N) is 1. The molecule has 0 atom stereocenters. The van der Waals surface area contributed by atoms with Gasteiger partial charge in [0.05, 0.1) is 13.2 Å². The Balaban J connectivity index is 1.46. The molecule has 0 unspecified atom stereocenters. The largest absolute Gasteiger partial charge is 0.491 e. The summed E-state index contributed by atoms with van der Waals surface area (Å²) in [4.78, 5) is 25.6. The molecule has 1 heterocycles. The van der Waals surface area contributed by atoms with Crippen LogP contribution in [-0.2, 0) is 22.4 Å². The average molecular weight is 601 g/mol. The van der Waals surface area contributed by atoms with Crippen molar-refractivity contribution in [2.24, 2.45) is 0 Å². The Labute approximate surface area is 256 Å². The molecule has 0 amide bonds. The van der Waals surface area contributed by atoms with E-state index in [-0.39, 0.29) is 39.6 Å². The molecule has 0 radical (unpaired) electrons. The summed E-state index contributed by atoms with van der Waals surface area (Å²) in [5, 5.41) is 21.2. The zero-order chi connectivity index (χ0) is 31.1. The number of carbonyl (C=O) groups is 1. The van der Waals surface area contributed by atoms with Crippen molar-refractivity contribution in [3.05, 3.63) is 108 Å². The van der Waals surface area contributed by atoms with E-state index in [1.807, 2.05) is 60.7 Å². The van der Waals surface area contributed by atoms with E-state index in [0.717, 1.165) is 16.8 Å². The lowest BCUT2D eigenvalue weighted by atomic mass is 10.1. The number of ether oxygens (including phenoxy) is 4. The zero-order valence-electron chi connectivity index (χ0n) is 24.6. The Morgan fingerprint density at radius 1 is 0.682 bits per heavy atom. The van der Waals surface area contributed by atoms with Crippen molar-refractivity contribution in [3.63, 3.8) is 0 Å². The van der Waals surface area contributed by atoms with Crippen molar-refractivity contribution in [1.29, 1.82) is 0 Å². The highest BCUT2D eigenvalue weighted by molar-refractivity contribution is 5.86. The Morgan fingerprint density at radius 3 is 1.59 bits per heavy atom. The van der Waals surface area contributed by atoms with E-state index in [4.69, 9.17) is 34.1 Å². The summed E-state index contributed by atoms with van der Waals surface area (Å²) in [6, 6.07) is 22.4. The number of aliphatic hydroxyl groups excluding tert-OH is 2. The lowest BCUT2D eigenvalue weighted by molar-refractivity contribution is -0.139. The highest BCUT2D eigenvalue weighted by Crippen LogP contribution is 2.21. The minimum atomic E-state index is -0.442. The molecule has 0 aliphatic heterocycles. The standard InChI is InChI=1S/C33H36N4O7/c1-23(2)32(40)44-20-19-43-28-11-5-25(6-12-28)22-31-35-30(21-24-3-9-27(10-4-24)41-17-15-38)36-33(37-31)34-26-7-13-29(14-8-26)42-18-16-39/h3-14,38-39H,1,15-22H2,2H3,(H,34,35,36,37). The van der Waals surface area contributed by atoms with Crippen molar-refractivity contribution in [2.75, 3.05) is 45.0 Å². The number of hydrogen-bond donors (Lipinski definition) is 3. The van der Waals surface area contributed by atoms with E-state index in [2.05, 4.69) is 21.9 Å². The number of aromatic nitrogens is 3. The van der Waals surface area contributed by atoms with Crippen molar-refractivity contribution < 1.29 is 34.0 Å². The summed E-state index contributed by atoms with van der Waals surface area (Å²) in [7, 11) is 0. The second kappa shape index (κ2) is 16.6. The first-order valence-electron chi connectivity index (χ1n) is 14.1. The molecule has 44 heavy (non-hydrogen) atoms. The lowest BCUT2D eigenvalue weighted by Crippen LogP contribution is -2.12. The van der Waals surface area contributed by atoms with Gasteiger partial charge in [-0.2, -0.15) is 9.97 Å². The van der Waals surface area contributed by atoms with Crippen LogP contribution in [0.2, 0.25) is 0 Å². The quantitative estimate of drug-likeness (QED) is 0.0917. The van der Waals surface area contributed by atoms with E-state index >= 15 is 0 Å². The maximum Gasteiger partial charge on any atom is 0.333 e. The molecular weight excluding hydrogens is 564 g/mol. The predicted molar refractivity (Wildman–Crippen MR) is 164 cm³/mol. The van der Waals surface area contributed by atoms with Crippen LogP contribution in [-0.4, -0.2) is 70.8 Å². The molecule has 0 saturated carbocycles. The van der Waals surface area contributed by atoms with Gasteiger partial charge in [0.1, 0.15) is 55.3 Å². The fourth-order valence-electron chi connectivity index (χ4n) is 3.96. The van der Waals surface area contributed by atoms with Crippen LogP contribution in [0, 0.1) is 0 Å². The third-order valence-electron chi connectivity index (χ3n) is 6.06. The van der Waals surface area contributed by atoms with Crippen molar-refractivity contribution in [2.45, 2.75) is 19.8 Å². The van der Waals surface area contributed by atoms with Gasteiger partial charge in [-0.25, -0.2) is 9.78 Å². The van der Waals surface area contributed by atoms with Crippen LogP contribution >= 0.6 is 0 Å². The molecule has 4 rings (SSSR count). The fourth-order valence-corrected chi connectivity index (χ4v) is 3.96. The van der Waals surface area contributed by atoms with Gasteiger partial charge in [0.25, 0.3) is 0 Å². The highest BCUT2D eigenvalue weighted by Gasteiger charge is 2.11. The second-order valence-electron chi connectivity index (χ2n) is 9.69. The molecule has 0 saturated heterocycles. The maximum atomic E-state index is 11.5. The smallest absolute Gasteiger partial charge is 0.333 e. The van der Waals surface area contributed by atoms with Gasteiger partial charge < -0.3 is 34.5 Å². The normalized spacial score (nSPS) is 10.6. The average Bonchev–Trinajstić information content (AvgIpc) is 3.03. The predicted octanol–water partition coefficient (Wildman–Crippen LogP) is 4.04. The topological polar surface area (TPSA) is 145 Å². The lowest BCUT2D eigenvalue weighted by Gasteiger charge is -2.11. The van der Waals surface area contributed by atoms with Crippen LogP contribution in [0.5, 0.6) is 17.2 Å². The first-order chi connectivity index (χ1) is 21.4. The van der Waals surface area contributed by atoms with Crippen LogP contribution in [0.15, 0.2) is 84.9 Å². The van der Waals surface area contributed by atoms with Crippen LogP contribution in [0.3, 0.4) is 0 Å². The molecule has 3 aromatic carbocycles. The summed E-state index contributed by atoms with van der Waals surface area (Å²) in [6.07, 6.45) is 0.934. The van der Waals surface area contributed by atoms with Gasteiger partial charge in [0, 0.05) is 24.1 Å². The Morgan fingerprint density at radius 2 is 1.14 bits per heavy atom. The second-order valence-corrected chi connectivity index (χ2v) is 9.69. The highest BCUT2D eigenvalue weighted by atomic mass is 16.6. The zero-order valence-corrected chi connectivity index (χ0v) is 24.6. The van der Waals surface area contributed by atoms with Crippen molar-refractivity contribution in [1.82, 2.24) is 15.0 Å². The van der Waals surface area contributed by atoms with E-state index in [9.17, 15) is 4.79 Å². The molecule has 230 valence electrons. The molecule has 0 aliphatic carbocycles. The number of hydrogen-bond acceptors (Lipinski definition) is 11. The first-order valence-corrected chi connectivity index (χ1v) is 14.1. The van der Waals surface area contributed by atoms with Gasteiger partial charge in [-0.05, 0) is 66.6 Å². The van der Waals surface area contributed by atoms with E-state index in [1.54, 1.807) is 19.1 Å². The van der Waals surface area contributed by atoms with E-state index in [0.29, 0.717) is 53.3 Å². The van der Waals surface area contributed by atoms with Crippen LogP contribution in [0.1, 0.15) is 29.7 Å². The monoisotopic (exact) mass is 600 g/mol. The van der Waals surface area contributed by atoms with E-state index in [1.165, 1.54) is 0 Å². The number of anilines is 2. The number of benzene rings is 3. The van der Waals surface area contributed by atoms with Gasteiger partial charge in [0.15, 0.2) is 0 Å². The number of rotatable bonds is 17. The number of nitrogens with zero attached hydrogens (tertiary/aromatic N) is 3. The Bertz CT molecular complexity index is 1420. The molecule has 11 nitrogen and oxygen atoms in total. The van der Waals surface area contributed by atoms with Crippen LogP contribution in [0.25, 0.3) is 0 Å². The molecule has 1 aromatic heterocycles. The number of carbonyl (C=O) groups excluding carboxylic acids is 1. The minimum absolute atomic E-state index is 0.0493. The molecular formula is C33H36N4O7. The number of esters is 1. The van der Waals surface area contributed by atoms with E-state index < -0.39 is 5.97 Å². The summed E-state index contributed by atoms with van der Waals surface area (Å²) in [5.74, 6) is 3.11. The Kier molecular flexibility index (Phi) is 12.0. The Hall–Kier alpha value is -5.00. The van der Waals surface area contributed by atoms with Crippen molar-refractivity contribution in [3.8, 4) is 17.2 Å². The maximum absolute atomic E-state index is 11.5. The molecule has 0 bridgehead atoms. The summed E-state index contributed by atoms with van der Waals surface area (Å²) < 4.78 is 21.6. The first kappa shape index (κ1) is 31.9. The third kappa shape index (κ3) is 10.4. The minimum Gasteiger partial charge on any atom is -0.491 e. The fraction of sp³-hybridized carbons (Fsp3) is 0.273. The molecule has 0 fully saturated rings. The molecule has 3 N–H and O–H groups in total. The summed E-state index contributed by atoms with van der Waals surface area (Å²) in [6.45, 7) is 5.86. The SMILES string of the molecule is C=C(C)C(=O)OCCOc1ccc(Cc2nc(Cc3ccc(OCCO)cc3)nc(Nc3ccc(OCCO)cc3)n2)cc1. The third-order valence-corrected chi connectivity index (χ3v) is 6.06. The molecule has 0 aliphatic rings. The van der Waals surface area contributed by atoms with Gasteiger partial charge >= 0.3 is 5.97 Å². The van der Waals surface area contributed by atoms with Gasteiger partial charge in [-0.15, -0.1) is 0 Å². The summed E-state index contributed by atoms with van der Waals surface area (Å²) in [5.41, 5.74) is 3.08. The van der Waals surface area contributed by atoms with Gasteiger partial charge in [-0.3, -0.25) is 0 Å². The number of aliphatic hydroxyl groups is 2. The van der Waals surface area contributed by atoms with Crippen LogP contribution in [0.4, 0.5) is 11.6 Å². The van der Waals surface area contributed by atoms with Crippen LogP contribution < -0.4 is 19.5 Å². The molecule has 0 spiro atoms. The summed E-state index contributed by atoms with van der Waals surface area (Å²) >= 11 is 0.